The number of ether oxygens (including phenoxy) is 1. The summed E-state index contributed by atoms with van der Waals surface area (Å²) in [6, 6.07) is 0.467. The molecule has 1 aromatic rings. The van der Waals surface area contributed by atoms with Gasteiger partial charge in [0.15, 0.2) is 5.78 Å². The maximum absolute atomic E-state index is 12.8. The summed E-state index contributed by atoms with van der Waals surface area (Å²) in [5.74, 6) is -0.0941. The summed E-state index contributed by atoms with van der Waals surface area (Å²) < 4.78 is 5.49. The Bertz CT molecular complexity index is 816. The number of ketones is 1. The first-order valence-electron chi connectivity index (χ1n) is 10.0. The molecule has 1 N–H and O–H groups in total. The molecule has 1 aromatic heterocycles. The molecule has 1 fully saturated rings. The van der Waals surface area contributed by atoms with Crippen LogP contribution in [-0.2, 0) is 9.53 Å². The largest absolute Gasteiger partial charge is 0.381 e. The normalized spacial score (nSPS) is 18.3. The van der Waals surface area contributed by atoms with Crippen molar-refractivity contribution in [3.05, 3.63) is 39.3 Å². The van der Waals surface area contributed by atoms with E-state index in [0.717, 1.165) is 55.7 Å². The van der Waals surface area contributed by atoms with E-state index in [4.69, 9.17) is 4.74 Å². The van der Waals surface area contributed by atoms with E-state index in [1.807, 2.05) is 26.2 Å². The van der Waals surface area contributed by atoms with Crippen LogP contribution in [0.3, 0.4) is 0 Å². The second kappa shape index (κ2) is 9.05. The number of carbonyl (C=O) groups excluding carboxylic acids is 2. The van der Waals surface area contributed by atoms with Gasteiger partial charge in [-0.25, -0.2) is 0 Å². The zero-order valence-corrected chi connectivity index (χ0v) is 18.1. The van der Waals surface area contributed by atoms with Gasteiger partial charge < -0.3 is 15.0 Å². The standard InChI is InChI=1S/C22H30N2O3S/c1-5-24(17-6-8-27-9-7-17)22-16(4)19(13-28-22)21(26)23-12-18-15(3)10-14(2)11-20(18)25/h11,13,17H,5-10,12H2,1-4H3,(H,23,26). The molecule has 5 nitrogen and oxygen atoms in total. The topological polar surface area (TPSA) is 58.6 Å². The minimum atomic E-state index is -0.109. The summed E-state index contributed by atoms with van der Waals surface area (Å²) >= 11 is 1.63. The molecule has 1 aliphatic heterocycles. The number of nitrogens with one attached hydrogen (secondary N) is 1. The third-order valence-corrected chi connectivity index (χ3v) is 6.77. The van der Waals surface area contributed by atoms with Gasteiger partial charge in [-0.05, 0) is 58.6 Å². The quantitative estimate of drug-likeness (QED) is 0.781. The van der Waals surface area contributed by atoms with Crippen LogP contribution in [0, 0.1) is 6.92 Å². The van der Waals surface area contributed by atoms with Crippen LogP contribution in [0.5, 0.6) is 0 Å². The maximum atomic E-state index is 12.8. The van der Waals surface area contributed by atoms with Crippen LogP contribution < -0.4 is 10.2 Å². The van der Waals surface area contributed by atoms with Gasteiger partial charge in [-0.1, -0.05) is 11.1 Å². The van der Waals surface area contributed by atoms with Crippen molar-refractivity contribution in [1.29, 1.82) is 0 Å². The fourth-order valence-electron chi connectivity index (χ4n) is 4.08. The predicted molar refractivity (Wildman–Crippen MR) is 114 cm³/mol. The summed E-state index contributed by atoms with van der Waals surface area (Å²) in [5.41, 5.74) is 4.56. The molecule has 1 aliphatic carbocycles. The molecule has 0 aromatic carbocycles. The molecule has 0 atom stereocenters. The number of hydrogen-bond acceptors (Lipinski definition) is 5. The van der Waals surface area contributed by atoms with Crippen molar-refractivity contribution in [2.24, 2.45) is 0 Å². The third kappa shape index (κ3) is 4.39. The Labute approximate surface area is 171 Å². The Morgan fingerprint density at radius 1 is 1.29 bits per heavy atom. The van der Waals surface area contributed by atoms with E-state index in [-0.39, 0.29) is 18.2 Å². The molecule has 1 amide bonds. The van der Waals surface area contributed by atoms with Gasteiger partial charge in [0.1, 0.15) is 0 Å². The first kappa shape index (κ1) is 20.8. The van der Waals surface area contributed by atoms with Gasteiger partial charge in [0, 0.05) is 43.3 Å². The molecule has 0 radical (unpaired) electrons. The molecule has 2 aliphatic rings. The first-order valence-corrected chi connectivity index (χ1v) is 10.9. The van der Waals surface area contributed by atoms with Gasteiger partial charge in [-0.3, -0.25) is 9.59 Å². The van der Waals surface area contributed by atoms with Crippen LogP contribution in [0.15, 0.2) is 28.2 Å². The fraction of sp³-hybridized carbons (Fsp3) is 0.545. The number of thiophene rings is 1. The van der Waals surface area contributed by atoms with Crippen LogP contribution in [0.1, 0.15) is 56.0 Å². The van der Waals surface area contributed by atoms with Gasteiger partial charge >= 0.3 is 0 Å². The number of allylic oxidation sites excluding steroid dienone is 3. The molecule has 6 heteroatoms. The van der Waals surface area contributed by atoms with Crippen molar-refractivity contribution in [2.75, 3.05) is 31.2 Å². The number of carbonyl (C=O) groups is 2. The summed E-state index contributed by atoms with van der Waals surface area (Å²) in [7, 11) is 0. The van der Waals surface area contributed by atoms with Crippen molar-refractivity contribution >= 4 is 28.0 Å². The van der Waals surface area contributed by atoms with E-state index in [1.165, 1.54) is 5.00 Å². The highest BCUT2D eigenvalue weighted by atomic mass is 32.1. The summed E-state index contributed by atoms with van der Waals surface area (Å²) in [6.45, 7) is 10.9. The average molecular weight is 403 g/mol. The van der Waals surface area contributed by atoms with E-state index in [9.17, 15) is 9.59 Å². The van der Waals surface area contributed by atoms with E-state index in [2.05, 4.69) is 17.1 Å². The molecule has 0 saturated carbocycles. The number of rotatable bonds is 6. The highest BCUT2D eigenvalue weighted by Crippen LogP contribution is 2.34. The number of hydrogen-bond donors (Lipinski definition) is 1. The lowest BCUT2D eigenvalue weighted by atomic mass is 9.92. The Hall–Kier alpha value is -1.92. The highest BCUT2D eigenvalue weighted by molar-refractivity contribution is 7.14. The zero-order valence-electron chi connectivity index (χ0n) is 17.3. The van der Waals surface area contributed by atoms with Crippen molar-refractivity contribution in [3.63, 3.8) is 0 Å². The first-order chi connectivity index (χ1) is 13.4. The van der Waals surface area contributed by atoms with Crippen LogP contribution >= 0.6 is 11.3 Å². The van der Waals surface area contributed by atoms with Crippen molar-refractivity contribution in [3.8, 4) is 0 Å². The van der Waals surface area contributed by atoms with E-state index in [0.29, 0.717) is 17.2 Å². The van der Waals surface area contributed by atoms with E-state index >= 15 is 0 Å². The second-order valence-electron chi connectivity index (χ2n) is 7.68. The SMILES string of the molecule is CCN(c1scc(C(=O)NCC2=C(C)CC(C)=CC2=O)c1C)C1CCOCC1. The molecule has 2 heterocycles. The lowest BCUT2D eigenvalue weighted by Crippen LogP contribution is -2.39. The lowest BCUT2D eigenvalue weighted by Gasteiger charge is -2.34. The summed E-state index contributed by atoms with van der Waals surface area (Å²) in [5, 5.41) is 6.07. The molecular weight excluding hydrogens is 372 g/mol. The van der Waals surface area contributed by atoms with E-state index in [1.54, 1.807) is 17.4 Å². The Balaban J connectivity index is 1.70. The summed E-state index contributed by atoms with van der Waals surface area (Å²) in [6.07, 6.45) is 4.52. The minimum absolute atomic E-state index is 0.0148. The molecule has 0 unspecified atom stereocenters. The van der Waals surface area contributed by atoms with Crippen molar-refractivity contribution < 1.29 is 14.3 Å². The smallest absolute Gasteiger partial charge is 0.252 e. The molecule has 152 valence electrons. The molecule has 0 spiro atoms. The Kier molecular flexibility index (Phi) is 6.73. The van der Waals surface area contributed by atoms with Crippen LogP contribution in [0.25, 0.3) is 0 Å². The molecule has 28 heavy (non-hydrogen) atoms. The lowest BCUT2D eigenvalue weighted by molar-refractivity contribution is -0.111. The van der Waals surface area contributed by atoms with Crippen molar-refractivity contribution in [2.45, 2.75) is 53.0 Å². The van der Waals surface area contributed by atoms with Gasteiger partial charge in [0.2, 0.25) is 0 Å². The van der Waals surface area contributed by atoms with Crippen LogP contribution in [0.2, 0.25) is 0 Å². The number of anilines is 1. The van der Waals surface area contributed by atoms with Crippen LogP contribution in [-0.4, -0.2) is 44.0 Å². The molecular formula is C22H30N2O3S. The predicted octanol–water partition coefficient (Wildman–Crippen LogP) is 4.03. The third-order valence-electron chi connectivity index (χ3n) is 5.65. The molecule has 1 saturated heterocycles. The van der Waals surface area contributed by atoms with Gasteiger partial charge in [-0.15, -0.1) is 11.3 Å². The maximum Gasteiger partial charge on any atom is 0.252 e. The Morgan fingerprint density at radius 2 is 2.00 bits per heavy atom. The summed E-state index contributed by atoms with van der Waals surface area (Å²) in [4.78, 5) is 27.4. The van der Waals surface area contributed by atoms with Crippen molar-refractivity contribution in [1.82, 2.24) is 5.32 Å². The second-order valence-corrected chi connectivity index (χ2v) is 8.54. The monoisotopic (exact) mass is 402 g/mol. The van der Waals surface area contributed by atoms with Crippen LogP contribution in [0.4, 0.5) is 5.00 Å². The zero-order chi connectivity index (χ0) is 20.3. The van der Waals surface area contributed by atoms with Gasteiger partial charge in [0.25, 0.3) is 5.91 Å². The van der Waals surface area contributed by atoms with Gasteiger partial charge in [0.05, 0.1) is 10.6 Å². The Morgan fingerprint density at radius 3 is 2.64 bits per heavy atom. The number of nitrogens with zero attached hydrogens (tertiary/aromatic N) is 1. The molecule has 0 bridgehead atoms. The van der Waals surface area contributed by atoms with E-state index < -0.39 is 0 Å². The average Bonchev–Trinajstić information content (AvgIpc) is 3.04. The van der Waals surface area contributed by atoms with Gasteiger partial charge in [-0.2, -0.15) is 0 Å². The highest BCUT2D eigenvalue weighted by Gasteiger charge is 2.25. The molecule has 3 rings (SSSR count). The fourth-order valence-corrected chi connectivity index (χ4v) is 5.29. The number of amides is 1. The minimum Gasteiger partial charge on any atom is -0.381 e.